The average molecular weight is 293 g/mol. The number of halogens is 1. The molecule has 5 nitrogen and oxygen atoms in total. The number of aromatic nitrogens is 2. The highest BCUT2D eigenvalue weighted by Gasteiger charge is 2.21. The van der Waals surface area contributed by atoms with Crippen LogP contribution in [0.15, 0.2) is 30.3 Å². The highest BCUT2D eigenvalue weighted by atomic mass is 35.5. The summed E-state index contributed by atoms with van der Waals surface area (Å²) in [6.07, 6.45) is 0. The van der Waals surface area contributed by atoms with Gasteiger partial charge in [0.1, 0.15) is 12.4 Å². The molecule has 0 saturated carbocycles. The third-order valence-corrected chi connectivity index (χ3v) is 2.83. The Morgan fingerprint density at radius 2 is 1.95 bits per heavy atom. The minimum atomic E-state index is -0.615. The van der Waals surface area contributed by atoms with Gasteiger partial charge in [-0.25, -0.2) is 9.78 Å². The van der Waals surface area contributed by atoms with Crippen LogP contribution in [0.4, 0.5) is 0 Å². The second-order valence-corrected chi connectivity index (χ2v) is 4.37. The molecular weight excluding hydrogens is 280 g/mol. The van der Waals surface area contributed by atoms with Crippen LogP contribution in [-0.2, 0) is 11.3 Å². The molecule has 2 aromatic rings. The van der Waals surface area contributed by atoms with Gasteiger partial charge in [0.15, 0.2) is 10.7 Å². The molecule has 0 amide bonds. The molecule has 6 heteroatoms. The maximum Gasteiger partial charge on any atom is 0.347 e. The second kappa shape index (κ2) is 6.34. The van der Waals surface area contributed by atoms with Crippen LogP contribution in [0.3, 0.4) is 0 Å². The Hall–Kier alpha value is -2.14. The smallest absolute Gasteiger partial charge is 0.347 e. The maximum absolute atomic E-state index is 12.1. The van der Waals surface area contributed by atoms with Gasteiger partial charge in [-0.3, -0.25) is 0 Å². The lowest BCUT2D eigenvalue weighted by Crippen LogP contribution is -2.11. The first kappa shape index (κ1) is 14.3. The minimum Gasteiger partial charge on any atom is -0.480 e. The monoisotopic (exact) mass is 292 g/mol. The molecule has 0 unspecified atom stereocenters. The standard InChI is InChI=1S/C14H13ClN2O3/c1-9-16-12(15)11(13(17-9)19-2)14(18)20-8-10-6-4-3-5-7-10/h3-7H,8H2,1-2H3. The Morgan fingerprint density at radius 3 is 2.60 bits per heavy atom. The van der Waals surface area contributed by atoms with E-state index in [9.17, 15) is 4.79 Å². The van der Waals surface area contributed by atoms with Crippen LogP contribution in [0.2, 0.25) is 5.15 Å². The van der Waals surface area contributed by atoms with E-state index in [4.69, 9.17) is 21.1 Å². The molecule has 1 heterocycles. The summed E-state index contributed by atoms with van der Waals surface area (Å²) < 4.78 is 10.2. The van der Waals surface area contributed by atoms with E-state index in [1.807, 2.05) is 30.3 Å². The number of nitrogens with zero attached hydrogens (tertiary/aromatic N) is 2. The second-order valence-electron chi connectivity index (χ2n) is 4.01. The molecule has 0 N–H and O–H groups in total. The van der Waals surface area contributed by atoms with Crippen LogP contribution in [0, 0.1) is 6.92 Å². The van der Waals surface area contributed by atoms with Crippen molar-refractivity contribution >= 4 is 17.6 Å². The van der Waals surface area contributed by atoms with Crippen LogP contribution in [0.25, 0.3) is 0 Å². The summed E-state index contributed by atoms with van der Waals surface area (Å²) in [5.41, 5.74) is 0.916. The summed E-state index contributed by atoms with van der Waals surface area (Å²) in [4.78, 5) is 20.0. The summed E-state index contributed by atoms with van der Waals surface area (Å²) in [7, 11) is 1.41. The van der Waals surface area contributed by atoms with Crippen molar-refractivity contribution in [1.29, 1.82) is 0 Å². The molecule has 0 atom stereocenters. The van der Waals surface area contributed by atoms with E-state index in [-0.39, 0.29) is 23.2 Å². The van der Waals surface area contributed by atoms with E-state index in [0.29, 0.717) is 5.82 Å². The molecule has 2 rings (SSSR count). The van der Waals surface area contributed by atoms with Gasteiger partial charge in [-0.1, -0.05) is 41.9 Å². The SMILES string of the molecule is COc1nc(C)nc(Cl)c1C(=O)OCc1ccccc1. The van der Waals surface area contributed by atoms with Gasteiger partial charge in [0.05, 0.1) is 7.11 Å². The fraction of sp³-hybridized carbons (Fsp3) is 0.214. The van der Waals surface area contributed by atoms with Crippen molar-refractivity contribution in [1.82, 2.24) is 9.97 Å². The molecule has 104 valence electrons. The number of esters is 1. The van der Waals surface area contributed by atoms with Crippen LogP contribution in [0.5, 0.6) is 5.88 Å². The zero-order chi connectivity index (χ0) is 14.5. The number of hydrogen-bond acceptors (Lipinski definition) is 5. The van der Waals surface area contributed by atoms with Crippen LogP contribution in [0.1, 0.15) is 21.7 Å². The normalized spacial score (nSPS) is 10.2. The first-order valence-corrected chi connectivity index (χ1v) is 6.28. The Kier molecular flexibility index (Phi) is 4.53. The lowest BCUT2D eigenvalue weighted by Gasteiger charge is -2.09. The quantitative estimate of drug-likeness (QED) is 0.640. The molecule has 0 radical (unpaired) electrons. The zero-order valence-electron chi connectivity index (χ0n) is 11.1. The van der Waals surface area contributed by atoms with Crippen LogP contribution >= 0.6 is 11.6 Å². The van der Waals surface area contributed by atoms with Crippen molar-refractivity contribution in [2.45, 2.75) is 13.5 Å². The summed E-state index contributed by atoms with van der Waals surface area (Å²) in [5, 5.41) is 0.0208. The summed E-state index contributed by atoms with van der Waals surface area (Å²) in [6.45, 7) is 1.81. The third kappa shape index (κ3) is 3.24. The number of carbonyl (C=O) groups excluding carboxylic acids is 1. The number of benzene rings is 1. The van der Waals surface area contributed by atoms with Crippen molar-refractivity contribution in [2.75, 3.05) is 7.11 Å². The van der Waals surface area contributed by atoms with E-state index >= 15 is 0 Å². The predicted molar refractivity (Wildman–Crippen MR) is 73.9 cm³/mol. The zero-order valence-corrected chi connectivity index (χ0v) is 11.8. The molecule has 0 aliphatic heterocycles. The Morgan fingerprint density at radius 1 is 1.25 bits per heavy atom. The lowest BCUT2D eigenvalue weighted by atomic mass is 10.2. The van der Waals surface area contributed by atoms with Gasteiger partial charge in [0, 0.05) is 0 Å². The Bertz CT molecular complexity index is 617. The van der Waals surface area contributed by atoms with Gasteiger partial charge < -0.3 is 9.47 Å². The first-order chi connectivity index (χ1) is 9.61. The molecule has 0 spiro atoms. The largest absolute Gasteiger partial charge is 0.480 e. The van der Waals surface area contributed by atoms with E-state index in [1.165, 1.54) is 7.11 Å². The maximum atomic E-state index is 12.1. The third-order valence-electron chi connectivity index (χ3n) is 2.55. The molecule has 0 saturated heterocycles. The molecule has 0 aliphatic rings. The van der Waals surface area contributed by atoms with Gasteiger partial charge in [0.2, 0.25) is 5.88 Å². The average Bonchev–Trinajstić information content (AvgIpc) is 2.45. The van der Waals surface area contributed by atoms with Gasteiger partial charge in [-0.15, -0.1) is 0 Å². The van der Waals surface area contributed by atoms with Crippen molar-refractivity contribution in [3.05, 3.63) is 52.4 Å². The van der Waals surface area contributed by atoms with Gasteiger partial charge in [0.25, 0.3) is 0 Å². The number of aryl methyl sites for hydroxylation is 1. The van der Waals surface area contributed by atoms with Crippen LogP contribution < -0.4 is 4.74 Å². The molecule has 0 bridgehead atoms. The number of ether oxygens (including phenoxy) is 2. The minimum absolute atomic E-state index is 0.0208. The van der Waals surface area contributed by atoms with E-state index < -0.39 is 5.97 Å². The summed E-state index contributed by atoms with van der Waals surface area (Å²) in [6, 6.07) is 9.34. The van der Waals surface area contributed by atoms with Crippen LogP contribution in [-0.4, -0.2) is 23.0 Å². The molecule has 1 aromatic heterocycles. The van der Waals surface area contributed by atoms with E-state index in [1.54, 1.807) is 6.92 Å². The Balaban J connectivity index is 2.17. The molecule has 1 aromatic carbocycles. The number of rotatable bonds is 4. The summed E-state index contributed by atoms with van der Waals surface area (Å²) in [5.74, 6) is -0.0808. The molecule has 20 heavy (non-hydrogen) atoms. The molecule has 0 fully saturated rings. The predicted octanol–water partition coefficient (Wildman–Crippen LogP) is 2.80. The van der Waals surface area contributed by atoms with Gasteiger partial charge in [-0.05, 0) is 12.5 Å². The highest BCUT2D eigenvalue weighted by molar-refractivity contribution is 6.32. The number of methoxy groups -OCH3 is 1. The lowest BCUT2D eigenvalue weighted by molar-refractivity contribution is 0.0467. The van der Waals surface area contributed by atoms with Gasteiger partial charge >= 0.3 is 5.97 Å². The van der Waals surface area contributed by atoms with Crippen molar-refractivity contribution < 1.29 is 14.3 Å². The number of carbonyl (C=O) groups is 1. The fourth-order valence-electron chi connectivity index (χ4n) is 1.63. The van der Waals surface area contributed by atoms with E-state index in [2.05, 4.69) is 9.97 Å². The first-order valence-electron chi connectivity index (χ1n) is 5.91. The topological polar surface area (TPSA) is 61.3 Å². The fourth-order valence-corrected chi connectivity index (χ4v) is 1.91. The highest BCUT2D eigenvalue weighted by Crippen LogP contribution is 2.24. The number of hydrogen-bond donors (Lipinski definition) is 0. The van der Waals surface area contributed by atoms with Crippen molar-refractivity contribution in [3.63, 3.8) is 0 Å². The Labute approximate surface area is 121 Å². The molecule has 0 aliphatic carbocycles. The van der Waals surface area contributed by atoms with Gasteiger partial charge in [-0.2, -0.15) is 4.98 Å². The van der Waals surface area contributed by atoms with Crippen molar-refractivity contribution in [2.24, 2.45) is 0 Å². The summed E-state index contributed by atoms with van der Waals surface area (Å²) >= 11 is 5.96. The van der Waals surface area contributed by atoms with E-state index in [0.717, 1.165) is 5.56 Å². The van der Waals surface area contributed by atoms with Crippen molar-refractivity contribution in [3.8, 4) is 5.88 Å². The molecular formula is C14H13ClN2O3.